The van der Waals surface area contributed by atoms with Crippen LogP contribution in [0.3, 0.4) is 0 Å². The normalized spacial score (nSPS) is 19.1. The molecule has 1 spiro atoms. The predicted molar refractivity (Wildman–Crippen MR) is 244 cm³/mol. The van der Waals surface area contributed by atoms with Crippen molar-refractivity contribution in [2.75, 3.05) is 4.90 Å². The second-order valence-corrected chi connectivity index (χ2v) is 18.3. The van der Waals surface area contributed by atoms with Gasteiger partial charge in [-0.1, -0.05) is 140 Å². The van der Waals surface area contributed by atoms with Gasteiger partial charge in [0, 0.05) is 37.2 Å². The van der Waals surface area contributed by atoms with Crippen LogP contribution in [0.1, 0.15) is 59.4 Å². The van der Waals surface area contributed by atoms with Crippen LogP contribution in [0.15, 0.2) is 182 Å². The molecule has 58 heavy (non-hydrogen) atoms. The quantitative estimate of drug-likeness (QED) is 0.169. The van der Waals surface area contributed by atoms with Crippen LogP contribution in [0.5, 0.6) is 0 Å². The van der Waals surface area contributed by atoms with Gasteiger partial charge in [-0.25, -0.2) is 0 Å². The predicted octanol–water partition coefficient (Wildman–Crippen LogP) is 15.4. The maximum atomic E-state index is 2.47. The molecule has 13 rings (SSSR count). The van der Waals surface area contributed by atoms with Crippen LogP contribution in [-0.4, -0.2) is 0 Å². The molecule has 4 aliphatic carbocycles. The second kappa shape index (κ2) is 12.4. The molecule has 2 heteroatoms. The Labute approximate surface area is 343 Å². The lowest BCUT2D eigenvalue weighted by molar-refractivity contribution is 0.420. The van der Waals surface area contributed by atoms with E-state index in [1.165, 1.54) is 101 Å². The van der Waals surface area contributed by atoms with E-state index in [0.717, 1.165) is 34.8 Å². The highest BCUT2D eigenvalue weighted by molar-refractivity contribution is 7.25. The zero-order chi connectivity index (χ0) is 38.0. The SMILES string of the molecule is c1ccc2c(c1)-c1ccccc1C21c2ccccc2-c2cc(N(c3ccc(-c4ccc(C5CC6CCC5C6)cc4)cc3)c3ccc4sc5ccccc5c4c3)ccc21. The molecule has 0 radical (unpaired) electrons. The summed E-state index contributed by atoms with van der Waals surface area (Å²) >= 11 is 1.88. The van der Waals surface area contributed by atoms with Crippen LogP contribution in [-0.2, 0) is 5.41 Å². The van der Waals surface area contributed by atoms with Crippen molar-refractivity contribution in [3.8, 4) is 33.4 Å². The lowest BCUT2D eigenvalue weighted by Gasteiger charge is -2.31. The van der Waals surface area contributed by atoms with Crippen LogP contribution in [0, 0.1) is 11.8 Å². The van der Waals surface area contributed by atoms with Crippen molar-refractivity contribution in [2.24, 2.45) is 11.8 Å². The molecule has 9 aromatic rings. The summed E-state index contributed by atoms with van der Waals surface area (Å²) in [6, 6.07) is 69.2. The molecule has 3 unspecified atom stereocenters. The number of anilines is 3. The second-order valence-electron chi connectivity index (χ2n) is 17.2. The monoisotopic (exact) mass is 759 g/mol. The van der Waals surface area contributed by atoms with Crippen molar-refractivity contribution in [1.29, 1.82) is 0 Å². The van der Waals surface area contributed by atoms with Crippen molar-refractivity contribution in [1.82, 2.24) is 0 Å². The molecule has 0 aliphatic heterocycles. The molecule has 0 saturated heterocycles. The summed E-state index contributed by atoms with van der Waals surface area (Å²) in [5.41, 5.74) is 18.0. The Morgan fingerprint density at radius 3 is 1.66 bits per heavy atom. The van der Waals surface area contributed by atoms with Gasteiger partial charge in [0.25, 0.3) is 0 Å². The molecule has 2 fully saturated rings. The Morgan fingerprint density at radius 2 is 0.983 bits per heavy atom. The third kappa shape index (κ3) is 4.58. The fraction of sp³-hybridized carbons (Fsp3) is 0.143. The molecule has 0 amide bonds. The van der Waals surface area contributed by atoms with Gasteiger partial charge in [0.05, 0.1) is 5.41 Å². The lowest BCUT2D eigenvalue weighted by atomic mass is 9.70. The Hall–Kier alpha value is -6.22. The molecule has 2 saturated carbocycles. The molecule has 0 N–H and O–H groups in total. The van der Waals surface area contributed by atoms with Crippen molar-refractivity contribution >= 4 is 48.6 Å². The Balaban J connectivity index is 0.960. The molecule has 2 bridgehead atoms. The van der Waals surface area contributed by atoms with E-state index < -0.39 is 0 Å². The molecular formula is C56H41NS. The Kier molecular flexibility index (Phi) is 7.01. The highest BCUT2D eigenvalue weighted by atomic mass is 32.1. The largest absolute Gasteiger partial charge is 0.310 e. The number of fused-ring (bicyclic) bond motifs is 15. The van der Waals surface area contributed by atoms with Crippen molar-refractivity contribution < 1.29 is 0 Å². The van der Waals surface area contributed by atoms with Gasteiger partial charge in [-0.15, -0.1) is 11.3 Å². The Morgan fingerprint density at radius 1 is 0.431 bits per heavy atom. The molecule has 3 atom stereocenters. The van der Waals surface area contributed by atoms with E-state index in [9.17, 15) is 0 Å². The fourth-order valence-electron chi connectivity index (χ4n) is 11.9. The zero-order valence-corrected chi connectivity index (χ0v) is 33.1. The van der Waals surface area contributed by atoms with Crippen molar-refractivity contribution in [3.63, 3.8) is 0 Å². The first-order valence-corrected chi connectivity index (χ1v) is 21.9. The average Bonchev–Trinajstić information content (AvgIpc) is 4.12. The summed E-state index contributed by atoms with van der Waals surface area (Å²) in [6.45, 7) is 0. The van der Waals surface area contributed by atoms with E-state index >= 15 is 0 Å². The number of hydrogen-bond donors (Lipinski definition) is 0. The molecular weight excluding hydrogens is 719 g/mol. The van der Waals surface area contributed by atoms with E-state index in [-0.39, 0.29) is 5.41 Å². The summed E-state index contributed by atoms with van der Waals surface area (Å²) in [5.74, 6) is 2.62. The molecule has 4 aliphatic rings. The molecule has 1 aromatic heterocycles. The first-order valence-electron chi connectivity index (χ1n) is 21.1. The highest BCUT2D eigenvalue weighted by Crippen LogP contribution is 2.63. The minimum absolute atomic E-state index is 0.356. The van der Waals surface area contributed by atoms with Gasteiger partial charge in [-0.3, -0.25) is 0 Å². The Bertz CT molecular complexity index is 3050. The first kappa shape index (κ1) is 32.8. The smallest absolute Gasteiger partial charge is 0.0725 e. The third-order valence-electron chi connectivity index (χ3n) is 14.4. The van der Waals surface area contributed by atoms with Gasteiger partial charge >= 0.3 is 0 Å². The van der Waals surface area contributed by atoms with Crippen LogP contribution in [0.25, 0.3) is 53.6 Å². The van der Waals surface area contributed by atoms with Crippen molar-refractivity contribution in [2.45, 2.75) is 37.0 Å². The number of hydrogen-bond acceptors (Lipinski definition) is 2. The summed E-state index contributed by atoms with van der Waals surface area (Å²) in [5, 5.41) is 2.62. The minimum Gasteiger partial charge on any atom is -0.310 e. The maximum absolute atomic E-state index is 2.47. The van der Waals surface area contributed by atoms with Gasteiger partial charge in [0.15, 0.2) is 0 Å². The number of thiophene rings is 1. The third-order valence-corrected chi connectivity index (χ3v) is 15.5. The molecule has 1 nitrogen and oxygen atoms in total. The maximum Gasteiger partial charge on any atom is 0.0725 e. The van der Waals surface area contributed by atoms with Gasteiger partial charge in [-0.2, -0.15) is 0 Å². The molecule has 276 valence electrons. The van der Waals surface area contributed by atoms with Crippen LogP contribution in [0.2, 0.25) is 0 Å². The van der Waals surface area contributed by atoms with Gasteiger partial charge in [0.2, 0.25) is 0 Å². The zero-order valence-electron chi connectivity index (χ0n) is 32.2. The van der Waals surface area contributed by atoms with Crippen LogP contribution < -0.4 is 4.90 Å². The number of rotatable bonds is 5. The van der Waals surface area contributed by atoms with Crippen LogP contribution in [0.4, 0.5) is 17.1 Å². The fourth-order valence-corrected chi connectivity index (χ4v) is 13.0. The molecule has 1 heterocycles. The summed E-state index contributed by atoms with van der Waals surface area (Å²) in [6.07, 6.45) is 5.70. The first-order chi connectivity index (χ1) is 28.7. The van der Waals surface area contributed by atoms with E-state index in [1.54, 1.807) is 5.56 Å². The van der Waals surface area contributed by atoms with Gasteiger partial charge in [0.1, 0.15) is 0 Å². The van der Waals surface area contributed by atoms with Gasteiger partial charge < -0.3 is 4.90 Å². The summed E-state index contributed by atoms with van der Waals surface area (Å²) < 4.78 is 2.64. The van der Waals surface area contributed by atoms with Crippen molar-refractivity contribution in [3.05, 3.63) is 210 Å². The summed E-state index contributed by atoms with van der Waals surface area (Å²) in [4.78, 5) is 2.47. The van der Waals surface area contributed by atoms with E-state index in [2.05, 4.69) is 187 Å². The minimum atomic E-state index is -0.356. The van der Waals surface area contributed by atoms with E-state index in [4.69, 9.17) is 0 Å². The van der Waals surface area contributed by atoms with Crippen LogP contribution >= 0.6 is 11.3 Å². The van der Waals surface area contributed by atoms with E-state index in [0.29, 0.717) is 0 Å². The molecule has 8 aromatic carbocycles. The standard InChI is InChI=1S/C56H41NS/c1-5-13-50-43(9-1)44-10-2-6-14-51(44)56(50)52-15-7-3-11-45(52)48-33-41(27-29-53(48)56)57(42-28-30-55-49(34-42)46-12-4-8-16-54(46)58-55)40-25-23-37(24-26-40)36-19-21-38(22-20-36)47-32-35-17-18-39(47)31-35/h1-16,19-30,33-35,39,47H,17-18,31-32H2. The topological polar surface area (TPSA) is 3.24 Å². The van der Waals surface area contributed by atoms with E-state index in [1.807, 2.05) is 11.3 Å². The highest BCUT2D eigenvalue weighted by Gasteiger charge is 2.51. The lowest BCUT2D eigenvalue weighted by Crippen LogP contribution is -2.25. The number of benzene rings is 8. The number of nitrogens with zero attached hydrogens (tertiary/aromatic N) is 1. The average molecular weight is 760 g/mol. The summed E-state index contributed by atoms with van der Waals surface area (Å²) in [7, 11) is 0. The van der Waals surface area contributed by atoms with Gasteiger partial charge in [-0.05, 0) is 147 Å².